The van der Waals surface area contributed by atoms with Gasteiger partial charge in [-0.05, 0) is 30.2 Å². The quantitative estimate of drug-likeness (QED) is 0.673. The van der Waals surface area contributed by atoms with Gasteiger partial charge < -0.3 is 10.4 Å². The highest BCUT2D eigenvalue weighted by Crippen LogP contribution is 2.36. The van der Waals surface area contributed by atoms with Crippen molar-refractivity contribution in [2.75, 3.05) is 12.4 Å². The van der Waals surface area contributed by atoms with Gasteiger partial charge in [0.1, 0.15) is 0 Å². The minimum atomic E-state index is -0.220. The van der Waals surface area contributed by atoms with Crippen LogP contribution >= 0.6 is 11.8 Å². The lowest BCUT2D eigenvalue weighted by Gasteiger charge is -2.09. The number of nitrogens with zero attached hydrogens (tertiary/aromatic N) is 4. The Morgan fingerprint density at radius 2 is 2.47 bits per heavy atom. The van der Waals surface area contributed by atoms with Gasteiger partial charge in [-0.1, -0.05) is 11.8 Å². The molecule has 1 aliphatic rings. The van der Waals surface area contributed by atoms with Crippen LogP contribution in [0.25, 0.3) is 0 Å². The molecule has 1 fully saturated rings. The monoisotopic (exact) mass is 257 g/mol. The van der Waals surface area contributed by atoms with Crippen LogP contribution in [0.3, 0.4) is 0 Å². The summed E-state index contributed by atoms with van der Waals surface area (Å²) in [5.74, 6) is 0.138. The van der Waals surface area contributed by atoms with E-state index in [1.165, 1.54) is 11.8 Å². The highest BCUT2D eigenvalue weighted by molar-refractivity contribution is 7.99. The number of hydrogen-bond donors (Lipinski definition) is 2. The largest absolute Gasteiger partial charge is 0.394 e. The second kappa shape index (κ2) is 5.46. The smallest absolute Gasteiger partial charge is 0.230 e. The lowest BCUT2D eigenvalue weighted by molar-refractivity contribution is -0.119. The zero-order valence-electron chi connectivity index (χ0n) is 9.54. The number of aliphatic hydroxyl groups is 1. The predicted octanol–water partition coefficient (Wildman–Crippen LogP) is -0.403. The average molecular weight is 257 g/mol. The Morgan fingerprint density at radius 1 is 1.71 bits per heavy atom. The van der Waals surface area contributed by atoms with Crippen LogP contribution in [0.15, 0.2) is 5.16 Å². The van der Waals surface area contributed by atoms with E-state index in [4.69, 9.17) is 5.11 Å². The SMILES string of the molecule is C[C@H](CO)NC(=O)CSc1nnnn1C1CC1. The molecule has 8 heteroatoms. The van der Waals surface area contributed by atoms with Crippen molar-refractivity contribution in [1.82, 2.24) is 25.5 Å². The van der Waals surface area contributed by atoms with Gasteiger partial charge in [-0.15, -0.1) is 5.10 Å². The van der Waals surface area contributed by atoms with Crippen LogP contribution < -0.4 is 5.32 Å². The summed E-state index contributed by atoms with van der Waals surface area (Å²) in [4.78, 5) is 11.5. The molecule has 17 heavy (non-hydrogen) atoms. The molecule has 0 spiro atoms. The Kier molecular flexibility index (Phi) is 3.95. The minimum absolute atomic E-state index is 0.0593. The van der Waals surface area contributed by atoms with Gasteiger partial charge in [-0.3, -0.25) is 4.79 Å². The predicted molar refractivity (Wildman–Crippen MR) is 61.5 cm³/mol. The Balaban J connectivity index is 1.80. The standard InChI is InChI=1S/C9H15N5O2S/c1-6(4-15)10-8(16)5-17-9-11-12-13-14(9)7-2-3-7/h6-7,15H,2-5H2,1H3,(H,10,16)/t6-/m1/s1. The molecular formula is C9H15N5O2S. The van der Waals surface area contributed by atoms with E-state index in [9.17, 15) is 4.79 Å². The van der Waals surface area contributed by atoms with Crippen molar-refractivity contribution in [3.05, 3.63) is 0 Å². The molecule has 7 nitrogen and oxygen atoms in total. The van der Waals surface area contributed by atoms with E-state index in [1.807, 2.05) is 0 Å². The van der Waals surface area contributed by atoms with E-state index in [0.717, 1.165) is 12.8 Å². The maximum absolute atomic E-state index is 11.5. The Bertz CT molecular complexity index is 392. The Hall–Kier alpha value is -1.15. The van der Waals surface area contributed by atoms with Gasteiger partial charge in [-0.25, -0.2) is 4.68 Å². The van der Waals surface area contributed by atoms with E-state index < -0.39 is 0 Å². The van der Waals surface area contributed by atoms with Gasteiger partial charge in [-0.2, -0.15) is 0 Å². The number of aromatic nitrogens is 4. The van der Waals surface area contributed by atoms with Crippen molar-refractivity contribution in [2.45, 2.75) is 37.0 Å². The molecule has 0 bridgehead atoms. The third-order valence-electron chi connectivity index (χ3n) is 2.37. The molecular weight excluding hydrogens is 242 g/mol. The molecule has 94 valence electrons. The number of nitrogens with one attached hydrogen (secondary N) is 1. The third kappa shape index (κ3) is 3.40. The normalized spacial score (nSPS) is 16.8. The summed E-state index contributed by atoms with van der Waals surface area (Å²) in [7, 11) is 0. The van der Waals surface area contributed by atoms with Gasteiger partial charge >= 0.3 is 0 Å². The first kappa shape index (κ1) is 12.3. The van der Waals surface area contributed by atoms with Gasteiger partial charge in [0.2, 0.25) is 11.1 Å². The molecule has 0 saturated heterocycles. The average Bonchev–Trinajstić information content (AvgIpc) is 3.05. The van der Waals surface area contributed by atoms with Gasteiger partial charge in [0.05, 0.1) is 18.4 Å². The van der Waals surface area contributed by atoms with Crippen LogP contribution in [-0.2, 0) is 4.79 Å². The number of carbonyl (C=O) groups is 1. The summed E-state index contributed by atoms with van der Waals surface area (Å²) >= 11 is 1.32. The summed E-state index contributed by atoms with van der Waals surface area (Å²) in [6, 6.07) is 0.189. The lowest BCUT2D eigenvalue weighted by atomic mass is 10.4. The maximum Gasteiger partial charge on any atom is 0.230 e. The van der Waals surface area contributed by atoms with Crippen LogP contribution in [0.2, 0.25) is 0 Å². The molecule has 0 unspecified atom stereocenters. The number of hydrogen-bond acceptors (Lipinski definition) is 6. The molecule has 1 aliphatic carbocycles. The van der Waals surface area contributed by atoms with Gasteiger partial charge in [0.15, 0.2) is 0 Å². The summed E-state index contributed by atoms with van der Waals surface area (Å²) < 4.78 is 1.77. The van der Waals surface area contributed by atoms with E-state index in [-0.39, 0.29) is 24.3 Å². The zero-order chi connectivity index (χ0) is 12.3. The molecule has 1 aromatic rings. The fourth-order valence-electron chi connectivity index (χ4n) is 1.32. The fourth-order valence-corrected chi connectivity index (χ4v) is 2.08. The summed E-state index contributed by atoms with van der Waals surface area (Å²) in [6.45, 7) is 1.69. The van der Waals surface area contributed by atoms with Crippen LogP contribution in [0.4, 0.5) is 0 Å². The van der Waals surface area contributed by atoms with Crippen molar-refractivity contribution in [3.63, 3.8) is 0 Å². The van der Waals surface area contributed by atoms with Crippen LogP contribution in [0.5, 0.6) is 0 Å². The van der Waals surface area contributed by atoms with Crippen molar-refractivity contribution < 1.29 is 9.90 Å². The molecule has 1 atom stereocenters. The van der Waals surface area contributed by atoms with Gasteiger partial charge in [0.25, 0.3) is 0 Å². The second-order valence-electron chi connectivity index (χ2n) is 4.08. The van der Waals surface area contributed by atoms with Gasteiger partial charge in [0, 0.05) is 6.04 Å². The van der Waals surface area contributed by atoms with Crippen LogP contribution in [0.1, 0.15) is 25.8 Å². The Morgan fingerprint density at radius 3 is 3.12 bits per heavy atom. The molecule has 1 heterocycles. The van der Waals surface area contributed by atoms with E-state index in [1.54, 1.807) is 11.6 Å². The van der Waals surface area contributed by atoms with Crippen molar-refractivity contribution in [3.8, 4) is 0 Å². The lowest BCUT2D eigenvalue weighted by Crippen LogP contribution is -2.36. The highest BCUT2D eigenvalue weighted by Gasteiger charge is 2.28. The summed E-state index contributed by atoms with van der Waals surface area (Å²) in [6.07, 6.45) is 2.21. The maximum atomic E-state index is 11.5. The first-order valence-electron chi connectivity index (χ1n) is 5.51. The number of aliphatic hydroxyl groups excluding tert-OH is 1. The van der Waals surface area contributed by atoms with Crippen molar-refractivity contribution in [1.29, 1.82) is 0 Å². The van der Waals surface area contributed by atoms with Crippen LogP contribution in [0, 0.1) is 0 Å². The van der Waals surface area contributed by atoms with E-state index in [2.05, 4.69) is 20.8 Å². The van der Waals surface area contributed by atoms with Crippen LogP contribution in [-0.4, -0.2) is 49.6 Å². The first-order valence-corrected chi connectivity index (χ1v) is 6.50. The van der Waals surface area contributed by atoms with E-state index >= 15 is 0 Å². The number of amides is 1. The molecule has 0 radical (unpaired) electrons. The molecule has 0 aromatic carbocycles. The number of rotatable bonds is 6. The Labute approximate surface area is 103 Å². The molecule has 1 amide bonds. The molecule has 2 N–H and O–H groups in total. The first-order chi connectivity index (χ1) is 8.20. The molecule has 1 saturated carbocycles. The molecule has 2 rings (SSSR count). The highest BCUT2D eigenvalue weighted by atomic mass is 32.2. The fraction of sp³-hybridized carbons (Fsp3) is 0.778. The zero-order valence-corrected chi connectivity index (χ0v) is 10.4. The van der Waals surface area contributed by atoms with Crippen molar-refractivity contribution in [2.24, 2.45) is 0 Å². The number of carbonyl (C=O) groups excluding carboxylic acids is 1. The molecule has 0 aliphatic heterocycles. The molecule has 1 aromatic heterocycles. The topological polar surface area (TPSA) is 92.9 Å². The number of thioether (sulfide) groups is 1. The third-order valence-corrected chi connectivity index (χ3v) is 3.30. The summed E-state index contributed by atoms with van der Waals surface area (Å²) in [5.41, 5.74) is 0. The summed E-state index contributed by atoms with van der Waals surface area (Å²) in [5, 5.41) is 23.5. The van der Waals surface area contributed by atoms with E-state index in [0.29, 0.717) is 11.2 Å². The second-order valence-corrected chi connectivity index (χ2v) is 5.02. The minimum Gasteiger partial charge on any atom is -0.394 e. The number of tetrazole rings is 1. The van der Waals surface area contributed by atoms with Crippen molar-refractivity contribution >= 4 is 17.7 Å².